The number of aryl methyl sites for hydroxylation is 1. The van der Waals surface area contributed by atoms with Crippen molar-refractivity contribution in [1.82, 2.24) is 10.2 Å². The van der Waals surface area contributed by atoms with E-state index in [9.17, 15) is 24.3 Å². The molecule has 0 aliphatic carbocycles. The number of anilines is 1. The van der Waals surface area contributed by atoms with Gasteiger partial charge in [-0.05, 0) is 30.4 Å². The molecule has 8 heteroatoms. The van der Waals surface area contributed by atoms with Gasteiger partial charge < -0.3 is 10.4 Å². The van der Waals surface area contributed by atoms with Crippen LogP contribution in [0.2, 0.25) is 0 Å². The highest BCUT2D eigenvalue weighted by molar-refractivity contribution is 6.15. The molecule has 0 radical (unpaired) electrons. The maximum absolute atomic E-state index is 13.7. The second-order valence-corrected chi connectivity index (χ2v) is 9.21. The number of carbonyl (C=O) groups excluding carboxylic acids is 3. The lowest BCUT2D eigenvalue weighted by molar-refractivity contribution is -0.143. The van der Waals surface area contributed by atoms with E-state index in [0.29, 0.717) is 24.1 Å². The average molecular weight is 462 g/mol. The Bertz CT molecular complexity index is 1180. The van der Waals surface area contributed by atoms with Crippen LogP contribution >= 0.6 is 0 Å². The standard InChI is InChI=1S/C26H27N3O5/c1-2-16-9-6-10-17-22(16)27-25(34)26(17)21-20(18(28-26)11-12-19(30)31)23(32)29(24(21)33)14-13-15-7-4-3-5-8-15/h3-10,18,20-21,28H,2,11-14H2,1H3,(H,27,34)(H,30,31)/t18-,20-,21+,26-/m1/s1. The van der Waals surface area contributed by atoms with E-state index in [1.165, 1.54) is 4.90 Å². The minimum absolute atomic E-state index is 0.153. The Kier molecular flexibility index (Phi) is 5.48. The quantitative estimate of drug-likeness (QED) is 0.544. The number of nitrogens with one attached hydrogen (secondary N) is 2. The molecule has 34 heavy (non-hydrogen) atoms. The van der Waals surface area contributed by atoms with E-state index in [1.807, 2.05) is 55.5 Å². The van der Waals surface area contributed by atoms with Crippen molar-refractivity contribution in [1.29, 1.82) is 0 Å². The SMILES string of the molecule is CCc1cccc2c1NC(=O)[C@@]21N[C@H](CCC(=O)O)[C@H]2C(=O)N(CCc3ccccc3)C(=O)[C@H]21. The monoisotopic (exact) mass is 461 g/mol. The molecule has 3 amide bonds. The first kappa shape index (κ1) is 22.3. The maximum Gasteiger partial charge on any atom is 0.303 e. The van der Waals surface area contributed by atoms with E-state index >= 15 is 0 Å². The summed E-state index contributed by atoms with van der Waals surface area (Å²) < 4.78 is 0. The molecule has 8 nitrogen and oxygen atoms in total. The Labute approximate surface area is 197 Å². The molecule has 176 valence electrons. The second kappa shape index (κ2) is 8.36. The number of hydrogen-bond acceptors (Lipinski definition) is 5. The van der Waals surface area contributed by atoms with Crippen LogP contribution in [0.1, 0.15) is 36.5 Å². The van der Waals surface area contributed by atoms with E-state index in [0.717, 1.165) is 11.1 Å². The van der Waals surface area contributed by atoms with Gasteiger partial charge in [0.05, 0.1) is 11.8 Å². The van der Waals surface area contributed by atoms with Crippen molar-refractivity contribution in [3.05, 3.63) is 65.2 Å². The minimum atomic E-state index is -1.39. The molecule has 1 spiro atoms. The van der Waals surface area contributed by atoms with Crippen molar-refractivity contribution in [2.75, 3.05) is 11.9 Å². The zero-order chi connectivity index (χ0) is 24.0. The number of carboxylic acid groups (broad SMARTS) is 1. The third kappa shape index (κ3) is 3.24. The van der Waals surface area contributed by atoms with Gasteiger partial charge in [0.25, 0.3) is 0 Å². The van der Waals surface area contributed by atoms with Crippen molar-refractivity contribution < 1.29 is 24.3 Å². The Morgan fingerprint density at radius 1 is 1.06 bits per heavy atom. The van der Waals surface area contributed by atoms with Crippen LogP contribution in [0.25, 0.3) is 0 Å². The van der Waals surface area contributed by atoms with E-state index in [-0.39, 0.29) is 37.1 Å². The second-order valence-electron chi connectivity index (χ2n) is 9.21. The van der Waals surface area contributed by atoms with Gasteiger partial charge in [0.1, 0.15) is 5.54 Å². The third-order valence-electron chi connectivity index (χ3n) is 7.44. The Morgan fingerprint density at radius 2 is 1.82 bits per heavy atom. The van der Waals surface area contributed by atoms with Crippen LogP contribution in [0.5, 0.6) is 0 Å². The van der Waals surface area contributed by atoms with Gasteiger partial charge in [0, 0.05) is 30.3 Å². The van der Waals surface area contributed by atoms with Gasteiger partial charge in [-0.25, -0.2) is 0 Å². The number of hydrogen-bond donors (Lipinski definition) is 3. The van der Waals surface area contributed by atoms with Crippen molar-refractivity contribution in [2.45, 2.75) is 44.2 Å². The number of fused-ring (bicyclic) bond motifs is 4. The summed E-state index contributed by atoms with van der Waals surface area (Å²) in [5, 5.41) is 15.5. The molecule has 0 unspecified atom stereocenters. The number of imide groups is 1. The Balaban J connectivity index is 1.54. The number of carboxylic acids is 1. The molecular formula is C26H27N3O5. The van der Waals surface area contributed by atoms with Gasteiger partial charge in [-0.15, -0.1) is 0 Å². The highest BCUT2D eigenvalue weighted by atomic mass is 16.4. The number of aliphatic carboxylic acids is 1. The van der Waals surface area contributed by atoms with Crippen LogP contribution in [0.15, 0.2) is 48.5 Å². The fourth-order valence-electron chi connectivity index (χ4n) is 5.88. The van der Waals surface area contributed by atoms with Gasteiger partial charge in [-0.2, -0.15) is 0 Å². The topological polar surface area (TPSA) is 116 Å². The van der Waals surface area contributed by atoms with Crippen LogP contribution in [-0.2, 0) is 37.6 Å². The van der Waals surface area contributed by atoms with Gasteiger partial charge in [-0.1, -0.05) is 55.5 Å². The predicted octanol–water partition coefficient (Wildman–Crippen LogP) is 2.08. The molecular weight excluding hydrogens is 434 g/mol. The normalized spacial score (nSPS) is 27.3. The largest absolute Gasteiger partial charge is 0.481 e. The Hall–Kier alpha value is -3.52. The van der Waals surface area contributed by atoms with Gasteiger partial charge in [0.15, 0.2) is 0 Å². The lowest BCUT2D eigenvalue weighted by Gasteiger charge is -2.29. The highest BCUT2D eigenvalue weighted by Crippen LogP contribution is 2.54. The summed E-state index contributed by atoms with van der Waals surface area (Å²) >= 11 is 0. The first-order valence-corrected chi connectivity index (χ1v) is 11.7. The van der Waals surface area contributed by atoms with Gasteiger partial charge in [-0.3, -0.25) is 29.4 Å². The third-order valence-corrected chi connectivity index (χ3v) is 7.44. The number of amides is 3. The molecule has 3 aliphatic rings. The summed E-state index contributed by atoms with van der Waals surface area (Å²) in [5.41, 5.74) is 1.92. The summed E-state index contributed by atoms with van der Waals surface area (Å²) in [6.07, 6.45) is 1.21. The molecule has 0 aromatic heterocycles. The molecule has 2 fully saturated rings. The molecule has 0 bridgehead atoms. The lowest BCUT2D eigenvalue weighted by Crippen LogP contribution is -2.53. The van der Waals surface area contributed by atoms with Crippen LogP contribution in [-0.4, -0.2) is 46.3 Å². The van der Waals surface area contributed by atoms with Crippen LogP contribution < -0.4 is 10.6 Å². The zero-order valence-corrected chi connectivity index (χ0v) is 18.9. The number of rotatable bonds is 7. The first-order valence-electron chi connectivity index (χ1n) is 11.7. The van der Waals surface area contributed by atoms with Gasteiger partial charge in [0.2, 0.25) is 17.7 Å². The predicted molar refractivity (Wildman–Crippen MR) is 124 cm³/mol. The molecule has 3 aliphatic heterocycles. The molecule has 2 aromatic rings. The van der Waals surface area contributed by atoms with E-state index in [4.69, 9.17) is 0 Å². The summed E-state index contributed by atoms with van der Waals surface area (Å²) in [6.45, 7) is 2.21. The van der Waals surface area contributed by atoms with E-state index < -0.39 is 29.4 Å². The first-order chi connectivity index (χ1) is 16.4. The molecule has 3 heterocycles. The van der Waals surface area contributed by atoms with Crippen LogP contribution in [0, 0.1) is 11.8 Å². The van der Waals surface area contributed by atoms with Crippen LogP contribution in [0.3, 0.4) is 0 Å². The number of para-hydroxylation sites is 1. The summed E-state index contributed by atoms with van der Waals surface area (Å²) in [4.78, 5) is 53.4. The zero-order valence-electron chi connectivity index (χ0n) is 18.9. The van der Waals surface area contributed by atoms with Gasteiger partial charge >= 0.3 is 5.97 Å². The highest BCUT2D eigenvalue weighted by Gasteiger charge is 2.70. The number of benzene rings is 2. The smallest absolute Gasteiger partial charge is 0.303 e. The molecule has 3 N–H and O–H groups in total. The molecule has 2 saturated heterocycles. The summed E-state index contributed by atoms with van der Waals surface area (Å²) in [7, 11) is 0. The number of carbonyl (C=O) groups is 4. The number of likely N-dealkylation sites (tertiary alicyclic amines) is 1. The molecule has 0 saturated carbocycles. The Morgan fingerprint density at radius 3 is 2.53 bits per heavy atom. The summed E-state index contributed by atoms with van der Waals surface area (Å²) in [5.74, 6) is -3.75. The minimum Gasteiger partial charge on any atom is -0.481 e. The van der Waals surface area contributed by atoms with Crippen LogP contribution in [0.4, 0.5) is 5.69 Å². The fraction of sp³-hybridized carbons (Fsp3) is 0.385. The molecule has 5 rings (SSSR count). The van der Waals surface area contributed by atoms with Crippen molar-refractivity contribution in [2.24, 2.45) is 11.8 Å². The molecule has 2 aromatic carbocycles. The van der Waals surface area contributed by atoms with E-state index in [1.54, 1.807) is 0 Å². The van der Waals surface area contributed by atoms with Crippen molar-refractivity contribution in [3.63, 3.8) is 0 Å². The summed E-state index contributed by atoms with van der Waals surface area (Å²) in [6, 6.07) is 14.6. The van der Waals surface area contributed by atoms with Crippen molar-refractivity contribution in [3.8, 4) is 0 Å². The van der Waals surface area contributed by atoms with Crippen molar-refractivity contribution >= 4 is 29.4 Å². The number of nitrogens with zero attached hydrogens (tertiary/aromatic N) is 1. The fourth-order valence-corrected chi connectivity index (χ4v) is 5.88. The average Bonchev–Trinajstić information content (AvgIpc) is 3.41. The lowest BCUT2D eigenvalue weighted by atomic mass is 9.76. The molecule has 4 atom stereocenters. The maximum atomic E-state index is 13.7. The van der Waals surface area contributed by atoms with E-state index in [2.05, 4.69) is 10.6 Å².